The summed E-state index contributed by atoms with van der Waals surface area (Å²) >= 11 is 0. The Morgan fingerprint density at radius 3 is 2.36 bits per heavy atom. The summed E-state index contributed by atoms with van der Waals surface area (Å²) in [4.78, 5) is 35.3. The molecule has 0 saturated heterocycles. The number of nitro groups is 1. The Morgan fingerprint density at radius 2 is 1.75 bits per heavy atom. The summed E-state index contributed by atoms with van der Waals surface area (Å²) in [5.41, 5.74) is 1.64. The highest BCUT2D eigenvalue weighted by Gasteiger charge is 2.23. The highest BCUT2D eigenvalue weighted by molar-refractivity contribution is 5.98. The maximum absolute atomic E-state index is 12.4. The summed E-state index contributed by atoms with van der Waals surface area (Å²) in [7, 11) is 1.54. The highest BCUT2D eigenvalue weighted by Crippen LogP contribution is 2.26. The van der Waals surface area contributed by atoms with Gasteiger partial charge in [-0.2, -0.15) is 0 Å². The summed E-state index contributed by atoms with van der Waals surface area (Å²) in [6, 6.07) is 11.3. The molecule has 0 aliphatic rings. The molecule has 148 valence electrons. The Morgan fingerprint density at radius 1 is 1.07 bits per heavy atom. The number of nitrogens with one attached hydrogen (secondary N) is 2. The number of esters is 1. The van der Waals surface area contributed by atoms with Gasteiger partial charge in [0.2, 0.25) is 0 Å². The Bertz CT molecular complexity index is 895. The standard InChI is InChI=1S/C20H23N3O5/c1-12(2)15-7-5-6-8-16(15)22-19(24)13(3)28-20(25)14-9-10-17(21-4)18(11-14)23(26)27/h5-13,21H,1-4H3,(H,22,24)/t13-/m0/s1. The number of hydrogen-bond donors (Lipinski definition) is 2. The maximum Gasteiger partial charge on any atom is 0.339 e. The van der Waals surface area contributed by atoms with E-state index in [-0.39, 0.29) is 22.9 Å². The number of hydrogen-bond acceptors (Lipinski definition) is 6. The molecule has 0 heterocycles. The molecular formula is C20H23N3O5. The van der Waals surface area contributed by atoms with E-state index in [0.29, 0.717) is 5.69 Å². The zero-order valence-corrected chi connectivity index (χ0v) is 16.2. The lowest BCUT2D eigenvalue weighted by atomic mass is 10.0. The van der Waals surface area contributed by atoms with Crippen LogP contribution >= 0.6 is 0 Å². The van der Waals surface area contributed by atoms with Crippen molar-refractivity contribution in [3.8, 4) is 0 Å². The van der Waals surface area contributed by atoms with Crippen LogP contribution in [0.5, 0.6) is 0 Å². The van der Waals surface area contributed by atoms with Crippen LogP contribution in [0.15, 0.2) is 42.5 Å². The van der Waals surface area contributed by atoms with E-state index >= 15 is 0 Å². The molecular weight excluding hydrogens is 362 g/mol. The topological polar surface area (TPSA) is 111 Å². The van der Waals surface area contributed by atoms with Gasteiger partial charge in [-0.3, -0.25) is 14.9 Å². The number of carbonyl (C=O) groups excluding carboxylic acids is 2. The van der Waals surface area contributed by atoms with Crippen molar-refractivity contribution in [1.82, 2.24) is 0 Å². The molecule has 0 unspecified atom stereocenters. The van der Waals surface area contributed by atoms with E-state index in [1.165, 1.54) is 19.1 Å². The molecule has 2 aromatic rings. The summed E-state index contributed by atoms with van der Waals surface area (Å²) in [6.07, 6.45) is -1.07. The molecule has 2 N–H and O–H groups in total. The Kier molecular flexibility index (Phi) is 6.70. The van der Waals surface area contributed by atoms with Crippen molar-refractivity contribution >= 4 is 28.9 Å². The van der Waals surface area contributed by atoms with Gasteiger partial charge in [0.15, 0.2) is 6.10 Å². The van der Waals surface area contributed by atoms with Gasteiger partial charge in [0, 0.05) is 18.8 Å². The van der Waals surface area contributed by atoms with Crippen LogP contribution in [0.3, 0.4) is 0 Å². The number of benzene rings is 2. The lowest BCUT2D eigenvalue weighted by molar-refractivity contribution is -0.384. The molecule has 8 nitrogen and oxygen atoms in total. The van der Waals surface area contributed by atoms with Crippen molar-refractivity contribution in [2.45, 2.75) is 32.8 Å². The molecule has 2 aromatic carbocycles. The van der Waals surface area contributed by atoms with E-state index in [0.717, 1.165) is 11.6 Å². The minimum absolute atomic E-state index is 0.00655. The fraction of sp³-hybridized carbons (Fsp3) is 0.300. The molecule has 8 heteroatoms. The van der Waals surface area contributed by atoms with Gasteiger partial charge >= 0.3 is 5.97 Å². The predicted octanol–water partition coefficient (Wildman–Crippen LogP) is 3.94. The van der Waals surface area contributed by atoms with Gasteiger partial charge in [0.1, 0.15) is 5.69 Å². The minimum Gasteiger partial charge on any atom is -0.449 e. The predicted molar refractivity (Wildman–Crippen MR) is 107 cm³/mol. The van der Waals surface area contributed by atoms with Crippen LogP contribution in [0.2, 0.25) is 0 Å². The molecule has 0 bridgehead atoms. The number of para-hydroxylation sites is 1. The van der Waals surface area contributed by atoms with Crippen LogP contribution in [0.1, 0.15) is 42.6 Å². The van der Waals surface area contributed by atoms with Gasteiger partial charge in [-0.15, -0.1) is 0 Å². The first-order valence-electron chi connectivity index (χ1n) is 8.81. The number of nitrogens with zero attached hydrogens (tertiary/aromatic N) is 1. The SMILES string of the molecule is CNc1ccc(C(=O)O[C@@H](C)C(=O)Nc2ccccc2C(C)C)cc1[N+](=O)[O-]. The van der Waals surface area contributed by atoms with Gasteiger partial charge in [0.25, 0.3) is 11.6 Å². The highest BCUT2D eigenvalue weighted by atomic mass is 16.6. The molecule has 0 aromatic heterocycles. The number of carbonyl (C=O) groups is 2. The van der Waals surface area contributed by atoms with Gasteiger partial charge in [-0.05, 0) is 36.6 Å². The lowest BCUT2D eigenvalue weighted by Gasteiger charge is -2.17. The second-order valence-electron chi connectivity index (χ2n) is 6.52. The van der Waals surface area contributed by atoms with Crippen LogP contribution < -0.4 is 10.6 Å². The van der Waals surface area contributed by atoms with Gasteiger partial charge in [-0.1, -0.05) is 32.0 Å². The third-order valence-electron chi connectivity index (χ3n) is 4.19. The first-order valence-corrected chi connectivity index (χ1v) is 8.81. The monoisotopic (exact) mass is 385 g/mol. The van der Waals surface area contributed by atoms with Crippen molar-refractivity contribution in [1.29, 1.82) is 0 Å². The third-order valence-corrected chi connectivity index (χ3v) is 4.19. The third kappa shape index (κ3) is 4.85. The summed E-state index contributed by atoms with van der Waals surface area (Å²) < 4.78 is 5.19. The summed E-state index contributed by atoms with van der Waals surface area (Å²) in [6.45, 7) is 5.47. The number of rotatable bonds is 7. The van der Waals surface area contributed by atoms with E-state index in [1.54, 1.807) is 19.2 Å². The van der Waals surface area contributed by atoms with E-state index in [4.69, 9.17) is 4.74 Å². The fourth-order valence-electron chi connectivity index (χ4n) is 2.65. The number of amides is 1. The molecule has 0 saturated carbocycles. The van der Waals surface area contributed by atoms with Crippen molar-refractivity contribution < 1.29 is 19.2 Å². The first kappa shape index (κ1) is 20.9. The maximum atomic E-state index is 12.4. The Hall–Kier alpha value is -3.42. The van der Waals surface area contributed by atoms with E-state index in [9.17, 15) is 19.7 Å². The van der Waals surface area contributed by atoms with Crippen molar-refractivity contribution in [3.05, 3.63) is 63.7 Å². The number of nitro benzene ring substituents is 1. The summed E-state index contributed by atoms with van der Waals surface area (Å²) in [5, 5.41) is 16.6. The van der Waals surface area contributed by atoms with Gasteiger partial charge in [0.05, 0.1) is 10.5 Å². The van der Waals surface area contributed by atoms with Crippen molar-refractivity contribution in [3.63, 3.8) is 0 Å². The normalized spacial score (nSPS) is 11.6. The second-order valence-corrected chi connectivity index (χ2v) is 6.52. The lowest BCUT2D eigenvalue weighted by Crippen LogP contribution is -2.30. The Balaban J connectivity index is 2.11. The van der Waals surface area contributed by atoms with Crippen LogP contribution in [-0.4, -0.2) is 30.0 Å². The largest absolute Gasteiger partial charge is 0.449 e. The summed E-state index contributed by atoms with van der Waals surface area (Å²) in [5.74, 6) is -1.09. The number of ether oxygens (including phenoxy) is 1. The Labute approximate surface area is 163 Å². The fourth-order valence-corrected chi connectivity index (χ4v) is 2.65. The molecule has 0 aliphatic carbocycles. The molecule has 28 heavy (non-hydrogen) atoms. The average Bonchev–Trinajstić information content (AvgIpc) is 2.67. The molecule has 1 atom stereocenters. The molecule has 0 spiro atoms. The van der Waals surface area contributed by atoms with E-state index in [1.807, 2.05) is 26.0 Å². The second kappa shape index (κ2) is 8.98. The van der Waals surface area contributed by atoms with Crippen LogP contribution in [0.4, 0.5) is 17.1 Å². The zero-order chi connectivity index (χ0) is 20.8. The van der Waals surface area contributed by atoms with Crippen LogP contribution in [0, 0.1) is 10.1 Å². The van der Waals surface area contributed by atoms with E-state index in [2.05, 4.69) is 10.6 Å². The van der Waals surface area contributed by atoms with Crippen LogP contribution in [-0.2, 0) is 9.53 Å². The van der Waals surface area contributed by atoms with Crippen molar-refractivity contribution in [2.24, 2.45) is 0 Å². The molecule has 1 amide bonds. The number of anilines is 2. The zero-order valence-electron chi connectivity index (χ0n) is 16.2. The molecule has 0 fully saturated rings. The minimum atomic E-state index is -1.07. The van der Waals surface area contributed by atoms with E-state index < -0.39 is 22.9 Å². The quantitative estimate of drug-likeness (QED) is 0.424. The van der Waals surface area contributed by atoms with Gasteiger partial charge < -0.3 is 15.4 Å². The molecule has 2 rings (SSSR count). The average molecular weight is 385 g/mol. The van der Waals surface area contributed by atoms with Crippen molar-refractivity contribution in [2.75, 3.05) is 17.7 Å². The van der Waals surface area contributed by atoms with Crippen LogP contribution in [0.25, 0.3) is 0 Å². The molecule has 0 aliphatic heterocycles. The molecule has 0 radical (unpaired) electrons. The smallest absolute Gasteiger partial charge is 0.339 e. The van der Waals surface area contributed by atoms with Gasteiger partial charge in [-0.25, -0.2) is 4.79 Å². The first-order chi connectivity index (χ1) is 13.2.